The highest BCUT2D eigenvalue weighted by molar-refractivity contribution is 8.00. The summed E-state index contributed by atoms with van der Waals surface area (Å²) in [5, 5.41) is 16.1. The molecule has 0 spiro atoms. The third-order valence-electron chi connectivity index (χ3n) is 3.92. The van der Waals surface area contributed by atoms with Gasteiger partial charge in [0.05, 0.1) is 5.25 Å². The highest BCUT2D eigenvalue weighted by atomic mass is 32.2. The van der Waals surface area contributed by atoms with Crippen molar-refractivity contribution in [1.82, 2.24) is 20.2 Å². The molecule has 0 bridgehead atoms. The summed E-state index contributed by atoms with van der Waals surface area (Å²) < 4.78 is 15.4. The molecule has 0 saturated heterocycles. The van der Waals surface area contributed by atoms with Crippen molar-refractivity contribution in [2.45, 2.75) is 30.9 Å². The Hall–Kier alpha value is -3.27. The van der Waals surface area contributed by atoms with Gasteiger partial charge in [0.2, 0.25) is 11.8 Å². The zero-order valence-electron chi connectivity index (χ0n) is 16.0. The molecule has 150 valence electrons. The number of tetrazole rings is 1. The van der Waals surface area contributed by atoms with E-state index in [1.807, 2.05) is 12.1 Å². The monoisotopic (exact) mass is 414 g/mol. The molecule has 0 aliphatic carbocycles. The van der Waals surface area contributed by atoms with E-state index in [-0.39, 0.29) is 17.5 Å². The largest absolute Gasteiger partial charge is 0.326 e. The third kappa shape index (κ3) is 5.17. The predicted octanol–water partition coefficient (Wildman–Crippen LogP) is 3.19. The maximum atomic E-state index is 14.1. The second-order valence-corrected chi connectivity index (χ2v) is 7.67. The van der Waals surface area contributed by atoms with Crippen molar-refractivity contribution in [2.24, 2.45) is 0 Å². The van der Waals surface area contributed by atoms with E-state index in [1.54, 1.807) is 26.0 Å². The lowest BCUT2D eigenvalue weighted by Gasteiger charge is -2.13. The molecule has 1 atom stereocenters. The van der Waals surface area contributed by atoms with Gasteiger partial charge in [0.25, 0.3) is 0 Å². The second kappa shape index (κ2) is 8.82. The molecule has 8 nitrogen and oxygen atoms in total. The van der Waals surface area contributed by atoms with Crippen molar-refractivity contribution < 1.29 is 14.0 Å². The molecule has 2 N–H and O–H groups in total. The van der Waals surface area contributed by atoms with Gasteiger partial charge in [-0.05, 0) is 66.7 Å². The smallest absolute Gasteiger partial charge is 0.237 e. The highest BCUT2D eigenvalue weighted by Crippen LogP contribution is 2.26. The molecule has 1 aromatic heterocycles. The fraction of sp³-hybridized carbons (Fsp3) is 0.211. The van der Waals surface area contributed by atoms with Crippen molar-refractivity contribution in [2.75, 3.05) is 10.6 Å². The summed E-state index contributed by atoms with van der Waals surface area (Å²) in [6.45, 7) is 4.87. The summed E-state index contributed by atoms with van der Waals surface area (Å²) in [5.74, 6) is -0.445. The summed E-state index contributed by atoms with van der Waals surface area (Å²) in [5.41, 5.74) is 1.28. The first-order valence-electron chi connectivity index (χ1n) is 8.73. The molecular weight excluding hydrogens is 395 g/mol. The molecule has 0 aliphatic rings. The maximum Gasteiger partial charge on any atom is 0.237 e. The van der Waals surface area contributed by atoms with Gasteiger partial charge < -0.3 is 10.6 Å². The number of halogens is 1. The number of carbonyl (C=O) groups excluding carboxylic acids is 2. The minimum absolute atomic E-state index is 0.145. The van der Waals surface area contributed by atoms with E-state index in [0.29, 0.717) is 17.2 Å². The number of aryl methyl sites for hydroxylation is 1. The first kappa shape index (κ1) is 20.5. The van der Waals surface area contributed by atoms with E-state index in [0.717, 1.165) is 4.90 Å². The van der Waals surface area contributed by atoms with Crippen LogP contribution in [0.1, 0.15) is 19.7 Å². The van der Waals surface area contributed by atoms with Gasteiger partial charge in [-0.25, -0.2) is 4.39 Å². The number of rotatable bonds is 6. The number of hydrogen-bond donors (Lipinski definition) is 2. The molecule has 3 rings (SSSR count). The van der Waals surface area contributed by atoms with Crippen molar-refractivity contribution in [3.8, 4) is 5.69 Å². The molecule has 29 heavy (non-hydrogen) atoms. The Morgan fingerprint density at radius 2 is 1.79 bits per heavy atom. The zero-order chi connectivity index (χ0) is 21.0. The summed E-state index contributed by atoms with van der Waals surface area (Å²) in [6, 6.07) is 11.4. The number of aromatic nitrogens is 4. The Balaban J connectivity index is 1.67. The van der Waals surface area contributed by atoms with Crippen LogP contribution in [0.5, 0.6) is 0 Å². The number of anilines is 2. The summed E-state index contributed by atoms with van der Waals surface area (Å²) in [6.07, 6.45) is 0. The molecule has 0 saturated carbocycles. The summed E-state index contributed by atoms with van der Waals surface area (Å²) >= 11 is 1.37. The predicted molar refractivity (Wildman–Crippen MR) is 109 cm³/mol. The first-order valence-corrected chi connectivity index (χ1v) is 9.61. The molecule has 3 aromatic rings. The Labute approximate surface area is 170 Å². The van der Waals surface area contributed by atoms with Gasteiger partial charge in [0.1, 0.15) is 11.5 Å². The van der Waals surface area contributed by atoms with Crippen molar-refractivity contribution in [3.63, 3.8) is 0 Å². The molecule has 10 heteroatoms. The fourth-order valence-corrected chi connectivity index (χ4v) is 3.40. The van der Waals surface area contributed by atoms with E-state index < -0.39 is 11.1 Å². The normalized spacial score (nSPS) is 11.7. The zero-order valence-corrected chi connectivity index (χ0v) is 16.8. The van der Waals surface area contributed by atoms with Crippen LogP contribution in [0.15, 0.2) is 47.4 Å². The van der Waals surface area contributed by atoms with Crippen molar-refractivity contribution in [1.29, 1.82) is 0 Å². The average molecular weight is 414 g/mol. The van der Waals surface area contributed by atoms with Gasteiger partial charge in [-0.1, -0.05) is 0 Å². The summed E-state index contributed by atoms with van der Waals surface area (Å²) in [7, 11) is 0. The van der Waals surface area contributed by atoms with Crippen LogP contribution in [0.3, 0.4) is 0 Å². The van der Waals surface area contributed by atoms with Crippen LogP contribution in [0.2, 0.25) is 0 Å². The molecular formula is C19H19FN6O2S. The van der Waals surface area contributed by atoms with Crippen LogP contribution in [0.4, 0.5) is 15.8 Å². The number of nitrogens with one attached hydrogen (secondary N) is 2. The van der Waals surface area contributed by atoms with Gasteiger partial charge in [0.15, 0.2) is 5.82 Å². The molecule has 0 aliphatic heterocycles. The number of hydrogen-bond acceptors (Lipinski definition) is 6. The molecule has 1 unspecified atom stereocenters. The van der Waals surface area contributed by atoms with E-state index in [4.69, 9.17) is 0 Å². The fourth-order valence-electron chi connectivity index (χ4n) is 2.53. The number of carbonyl (C=O) groups is 2. The average Bonchev–Trinajstić information content (AvgIpc) is 3.10. The van der Waals surface area contributed by atoms with Crippen LogP contribution in [-0.2, 0) is 9.59 Å². The molecule has 0 fully saturated rings. The SMILES string of the molecule is CC(=O)Nc1ccc(SC(C)C(=O)Nc2ccc(F)c(-n3nnnc3C)c2)cc1. The van der Waals surface area contributed by atoms with Gasteiger partial charge in [0, 0.05) is 23.2 Å². The van der Waals surface area contributed by atoms with Gasteiger partial charge >= 0.3 is 0 Å². The number of thioether (sulfide) groups is 1. The topological polar surface area (TPSA) is 102 Å². The van der Waals surface area contributed by atoms with E-state index in [9.17, 15) is 14.0 Å². The number of nitrogens with zero attached hydrogens (tertiary/aromatic N) is 4. The lowest BCUT2D eigenvalue weighted by molar-refractivity contribution is -0.115. The highest BCUT2D eigenvalue weighted by Gasteiger charge is 2.16. The number of amides is 2. The lowest BCUT2D eigenvalue weighted by Crippen LogP contribution is -2.22. The number of benzene rings is 2. The standard InChI is InChI=1S/C19H19FN6O2S/c1-11(29-16-7-4-14(5-8-16)21-13(3)27)19(28)22-15-6-9-17(20)18(10-15)26-12(2)23-24-25-26/h4-11H,1-3H3,(H,21,27)(H,22,28). The molecule has 2 aromatic carbocycles. The molecule has 2 amide bonds. The Kier molecular flexibility index (Phi) is 6.23. The minimum atomic E-state index is -0.500. The van der Waals surface area contributed by atoms with Gasteiger partial charge in [-0.3, -0.25) is 9.59 Å². The van der Waals surface area contributed by atoms with E-state index in [1.165, 1.54) is 41.6 Å². The van der Waals surface area contributed by atoms with Gasteiger partial charge in [-0.2, -0.15) is 4.68 Å². The maximum absolute atomic E-state index is 14.1. The molecule has 0 radical (unpaired) electrons. The summed E-state index contributed by atoms with van der Waals surface area (Å²) in [4.78, 5) is 24.5. The lowest BCUT2D eigenvalue weighted by atomic mass is 10.2. The minimum Gasteiger partial charge on any atom is -0.326 e. The van der Waals surface area contributed by atoms with Crippen LogP contribution >= 0.6 is 11.8 Å². The van der Waals surface area contributed by atoms with E-state index >= 15 is 0 Å². The van der Waals surface area contributed by atoms with Gasteiger partial charge in [-0.15, -0.1) is 16.9 Å². The van der Waals surface area contributed by atoms with Crippen LogP contribution < -0.4 is 10.6 Å². The Morgan fingerprint density at radius 3 is 2.41 bits per heavy atom. The van der Waals surface area contributed by atoms with Crippen LogP contribution in [-0.4, -0.2) is 37.3 Å². The van der Waals surface area contributed by atoms with Crippen LogP contribution in [0.25, 0.3) is 5.69 Å². The first-order chi connectivity index (χ1) is 13.8. The van der Waals surface area contributed by atoms with E-state index in [2.05, 4.69) is 26.2 Å². The molecule has 1 heterocycles. The van der Waals surface area contributed by atoms with Crippen LogP contribution in [0, 0.1) is 12.7 Å². The second-order valence-electron chi connectivity index (χ2n) is 6.26. The Morgan fingerprint density at radius 1 is 1.10 bits per heavy atom. The quantitative estimate of drug-likeness (QED) is 0.601. The van der Waals surface area contributed by atoms with Crippen molar-refractivity contribution >= 4 is 35.0 Å². The van der Waals surface area contributed by atoms with Crippen molar-refractivity contribution in [3.05, 3.63) is 54.1 Å². The third-order valence-corrected chi connectivity index (χ3v) is 5.04. The Bertz CT molecular complexity index is 1040.